The van der Waals surface area contributed by atoms with E-state index in [1.165, 1.54) is 29.6 Å². The zero-order valence-electron chi connectivity index (χ0n) is 48.6. The van der Waals surface area contributed by atoms with Gasteiger partial charge in [0.25, 0.3) is 17.7 Å². The number of anilines is 3. The number of hydrogen-bond donors (Lipinski definition) is 7. The van der Waals surface area contributed by atoms with Crippen LogP contribution in [0.15, 0.2) is 88.9 Å². The van der Waals surface area contributed by atoms with E-state index >= 15 is 0 Å². The Kier molecular flexibility index (Phi) is 19.2. The van der Waals surface area contributed by atoms with E-state index in [2.05, 4.69) is 71.4 Å². The van der Waals surface area contributed by atoms with Crippen molar-refractivity contribution >= 4 is 123 Å². The molecule has 9 N–H and O–H groups in total. The number of carbonyl (C=O) groups is 5. The number of nitriles is 2. The maximum absolute atomic E-state index is 12.9. The topological polar surface area (TPSA) is 315 Å². The van der Waals surface area contributed by atoms with Gasteiger partial charge < -0.3 is 66.5 Å². The van der Waals surface area contributed by atoms with E-state index in [1.54, 1.807) is 58.5 Å². The average Bonchev–Trinajstić information content (AvgIpc) is 1.99. The quantitative estimate of drug-likeness (QED) is 0.0799. The van der Waals surface area contributed by atoms with Crippen LogP contribution in [0.2, 0.25) is 0 Å². The fourth-order valence-corrected chi connectivity index (χ4v) is 12.3. The summed E-state index contributed by atoms with van der Waals surface area (Å²) in [6, 6.07) is 25.9. The molecule has 3 saturated heterocycles. The van der Waals surface area contributed by atoms with Crippen LogP contribution in [0.5, 0.6) is 0 Å². The number of benzene rings is 3. The number of nitrogen functional groups attached to an aromatic ring is 1. The lowest BCUT2D eigenvalue weighted by atomic mass is 10.1. The van der Waals surface area contributed by atoms with Gasteiger partial charge in [-0.3, -0.25) is 24.0 Å². The highest BCUT2D eigenvalue weighted by atomic mass is 32.1. The molecule has 0 unspecified atom stereocenters. The number of thiophene rings is 3. The number of likely N-dealkylation sites (N-methyl/N-ethyl adjacent to an activating group) is 3. The highest BCUT2D eigenvalue weighted by molar-refractivity contribution is 7.15. The fraction of sp³-hybridized carbons (Fsp3) is 0.311. The molecule has 4 aliphatic rings. The van der Waals surface area contributed by atoms with Crippen LogP contribution in [0.3, 0.4) is 0 Å². The van der Waals surface area contributed by atoms with Gasteiger partial charge in [0.2, 0.25) is 5.91 Å². The molecule has 9 aromatic rings. The molecule has 0 saturated carbocycles. The Labute approximate surface area is 513 Å². The predicted octanol–water partition coefficient (Wildman–Crippen LogP) is 6.61. The van der Waals surface area contributed by atoms with Gasteiger partial charge in [-0.15, -0.1) is 34.0 Å². The number of aromatic nitrogens is 6. The first-order valence-electron chi connectivity index (χ1n) is 28.2. The molecule has 0 radical (unpaired) electrons. The van der Waals surface area contributed by atoms with Crippen molar-refractivity contribution in [1.29, 1.82) is 10.5 Å². The number of carbonyl (C=O) groups excluding carboxylic acids is 5. The summed E-state index contributed by atoms with van der Waals surface area (Å²) in [7, 11) is 6.20. The summed E-state index contributed by atoms with van der Waals surface area (Å²) < 4.78 is 0. The molecule has 26 heteroatoms. The van der Waals surface area contributed by atoms with E-state index in [-0.39, 0.29) is 42.3 Å². The molecule has 13 rings (SSSR count). The highest BCUT2D eigenvalue weighted by Gasteiger charge is 2.26. The zero-order chi connectivity index (χ0) is 61.3. The minimum atomic E-state index is -0.253. The molecule has 3 fully saturated rings. The van der Waals surface area contributed by atoms with E-state index in [4.69, 9.17) is 27.0 Å². The maximum Gasteiger partial charge on any atom is 0.254 e. The number of H-pyrrole nitrogens is 3. The van der Waals surface area contributed by atoms with E-state index in [9.17, 15) is 24.0 Å². The number of hydrogen-bond acceptors (Lipinski definition) is 19. The fourth-order valence-electron chi connectivity index (χ4n) is 10.2. The van der Waals surface area contributed by atoms with Gasteiger partial charge in [0.1, 0.15) is 45.4 Å². The van der Waals surface area contributed by atoms with Crippen LogP contribution in [0, 0.1) is 22.7 Å². The summed E-state index contributed by atoms with van der Waals surface area (Å²) in [4.78, 5) is 97.1. The normalized spacial score (nSPS) is 15.4. The number of rotatable bonds is 9. The highest BCUT2D eigenvalue weighted by Crippen LogP contribution is 2.36. The van der Waals surface area contributed by atoms with Crippen LogP contribution in [0.1, 0.15) is 72.2 Å². The number of nitrogens with two attached hydrogens (primary N) is 2. The molecular formula is C61H66N18O5S3. The van der Waals surface area contributed by atoms with E-state index < -0.39 is 0 Å². The minimum absolute atomic E-state index is 0.00983. The second kappa shape index (κ2) is 27.4. The van der Waals surface area contributed by atoms with E-state index in [0.717, 1.165) is 134 Å². The molecule has 3 aromatic carbocycles. The van der Waals surface area contributed by atoms with Crippen LogP contribution in [-0.2, 0) is 22.4 Å². The Balaban J connectivity index is 0.000000137. The third kappa shape index (κ3) is 14.7. The Morgan fingerprint density at radius 1 is 0.563 bits per heavy atom. The molecule has 10 heterocycles. The number of nitrogens with one attached hydrogen (secondary N) is 5. The molecule has 6 aromatic heterocycles. The number of amides is 4. The number of ketones is 1. The van der Waals surface area contributed by atoms with Crippen molar-refractivity contribution in [2.24, 2.45) is 5.73 Å². The molecule has 0 bridgehead atoms. The van der Waals surface area contributed by atoms with Gasteiger partial charge in [-0.25, -0.2) is 15.0 Å². The Hall–Kier alpha value is -9.28. The van der Waals surface area contributed by atoms with Gasteiger partial charge in [0, 0.05) is 113 Å². The first-order valence-corrected chi connectivity index (χ1v) is 30.9. The van der Waals surface area contributed by atoms with E-state index in [1.807, 2.05) is 68.6 Å². The Bertz CT molecular complexity index is 4110. The smallest absolute Gasteiger partial charge is 0.254 e. The second-order valence-corrected chi connectivity index (χ2v) is 24.3. The summed E-state index contributed by atoms with van der Waals surface area (Å²) in [5, 5.41) is 31.3. The summed E-state index contributed by atoms with van der Waals surface area (Å²) in [5.74, 6) is 1.86. The van der Waals surface area contributed by atoms with Gasteiger partial charge in [-0.2, -0.15) is 10.5 Å². The van der Waals surface area contributed by atoms with Crippen LogP contribution >= 0.6 is 34.0 Å². The lowest BCUT2D eigenvalue weighted by Gasteiger charge is -2.32. The average molecular weight is 1230 g/mol. The SMILES string of the molecule is CC(=O)Cc1nc2ccc(C(=O)N3CCN(C)CC3)cc2[nH]1.CN1CCN(C(=O)c2ccc3nc(C4=C(N)c5ccsc5NC4)[nH]c3c2)CC1.CN1CCN(C(=O)c2ccc3nc(CC(=O)Nc4sccc4C#N)[nH]c3c2)CC1.N#Cc1ccsc1N. The van der Waals surface area contributed by atoms with Crippen LogP contribution < -0.4 is 22.1 Å². The number of nitrogens with zero attached hydrogens (tertiary/aromatic N) is 11. The van der Waals surface area contributed by atoms with Gasteiger partial charge in [0.05, 0.1) is 67.8 Å². The Morgan fingerprint density at radius 2 is 1.01 bits per heavy atom. The number of aromatic amines is 3. The number of piperazine rings is 3. The van der Waals surface area contributed by atoms with Crippen molar-refractivity contribution < 1.29 is 24.0 Å². The molecule has 4 amide bonds. The minimum Gasteiger partial charge on any atom is -0.398 e. The first kappa shape index (κ1) is 60.8. The lowest BCUT2D eigenvalue weighted by molar-refractivity contribution is -0.117. The maximum atomic E-state index is 12.9. The lowest BCUT2D eigenvalue weighted by Crippen LogP contribution is -2.47. The molecule has 0 aliphatic carbocycles. The van der Waals surface area contributed by atoms with Crippen molar-refractivity contribution in [1.82, 2.24) is 59.3 Å². The van der Waals surface area contributed by atoms with Crippen LogP contribution in [-0.4, -0.2) is 195 Å². The molecule has 23 nitrogen and oxygen atoms in total. The van der Waals surface area contributed by atoms with Crippen LogP contribution in [0.25, 0.3) is 44.4 Å². The monoisotopic (exact) mass is 1230 g/mol. The predicted molar refractivity (Wildman–Crippen MR) is 341 cm³/mol. The Morgan fingerprint density at radius 3 is 1.47 bits per heavy atom. The number of imidazole rings is 3. The number of fused-ring (bicyclic) bond motifs is 4. The van der Waals surface area contributed by atoms with Crippen molar-refractivity contribution in [3.63, 3.8) is 0 Å². The molecule has 0 spiro atoms. The van der Waals surface area contributed by atoms with Crippen LogP contribution in [0.4, 0.5) is 15.0 Å². The van der Waals surface area contributed by atoms with Crippen molar-refractivity contribution in [2.45, 2.75) is 19.8 Å². The standard InChI is InChI=1S/C20H20N6O2S.C20H22N6OS.C16H20N4O2.C5H4N2S/c1-25-5-7-26(8-6-25)20(28)13-2-3-15-16(10-13)23-17(22-15)11-18(27)24-19-14(12-21)4-9-29-19;1-25-5-7-26(8-6-25)20(27)12-2-3-15-16(10-12)24-18(23-15)14-11-22-19-13(17(14)21)4-9-28-19;1-11(21)9-15-17-13-4-3-12(10-14(13)18-15)16(22)20-7-5-19(2)6-8-20;6-3-4-1-2-8-5(4)7/h2-4,9-10H,5-8,11H2,1H3,(H,22,23)(H,24,27);2-4,9-10,22H,5-8,11,21H2,1H3,(H,23,24);3-4,10H,5-9H2,1-2H3,(H,17,18);1-2H,7H2. The summed E-state index contributed by atoms with van der Waals surface area (Å²) >= 11 is 4.34. The third-order valence-corrected chi connectivity index (χ3v) is 17.7. The van der Waals surface area contributed by atoms with Gasteiger partial charge in [-0.1, -0.05) is 0 Å². The molecule has 4 aliphatic heterocycles. The first-order chi connectivity index (χ1) is 42.0. The van der Waals surface area contributed by atoms with Gasteiger partial charge in [-0.05, 0) is 117 Å². The van der Waals surface area contributed by atoms with Crippen molar-refractivity contribution in [2.75, 3.05) is 123 Å². The largest absolute Gasteiger partial charge is 0.398 e. The van der Waals surface area contributed by atoms with Gasteiger partial charge >= 0.3 is 0 Å². The third-order valence-electron chi connectivity index (χ3n) is 15.2. The molecular weight excluding hydrogens is 1160 g/mol. The molecule has 87 heavy (non-hydrogen) atoms. The summed E-state index contributed by atoms with van der Waals surface area (Å²) in [6.45, 7) is 12.0. The van der Waals surface area contributed by atoms with Crippen molar-refractivity contribution in [3.8, 4) is 12.1 Å². The zero-order valence-corrected chi connectivity index (χ0v) is 51.1. The molecule has 0 atom stereocenters. The molecule has 448 valence electrons. The summed E-state index contributed by atoms with van der Waals surface area (Å²) in [6.07, 6.45) is 0.343. The van der Waals surface area contributed by atoms with E-state index in [0.29, 0.717) is 61.5 Å². The van der Waals surface area contributed by atoms with Crippen molar-refractivity contribution in [3.05, 3.63) is 140 Å². The number of Topliss-reactive ketones (excluding diaryl/α,β-unsaturated/α-hetero) is 1. The van der Waals surface area contributed by atoms with Gasteiger partial charge in [0.15, 0.2) is 0 Å². The summed E-state index contributed by atoms with van der Waals surface area (Å²) in [5.41, 5.74) is 22.2. The second-order valence-electron chi connectivity index (χ2n) is 21.5.